The molecule has 0 radical (unpaired) electrons. The number of aliphatic carboxylic acids is 1. The summed E-state index contributed by atoms with van der Waals surface area (Å²) in [6.45, 7) is 13.1. The Morgan fingerprint density at radius 3 is 2.43 bits per heavy atom. The molecule has 0 bridgehead atoms. The van der Waals surface area contributed by atoms with E-state index in [1.54, 1.807) is 0 Å². The van der Waals surface area contributed by atoms with Crippen molar-refractivity contribution in [2.45, 2.75) is 72.5 Å². The number of rotatable bonds is 7. The van der Waals surface area contributed by atoms with Crippen LogP contribution in [0.1, 0.15) is 66.1 Å². The summed E-state index contributed by atoms with van der Waals surface area (Å²) in [5, 5.41) is 20.5. The van der Waals surface area contributed by atoms with Crippen LogP contribution in [0.25, 0.3) is 11.4 Å². The van der Waals surface area contributed by atoms with Crippen LogP contribution in [0.5, 0.6) is 5.75 Å². The molecular formula is C30H37N3O4. The Morgan fingerprint density at radius 1 is 1.08 bits per heavy atom. The largest absolute Gasteiger partial charge is 0.488 e. The number of ether oxygens (including phenoxy) is 1. The van der Waals surface area contributed by atoms with Gasteiger partial charge in [-0.05, 0) is 74.8 Å². The van der Waals surface area contributed by atoms with Crippen molar-refractivity contribution in [1.82, 2.24) is 9.97 Å². The maximum absolute atomic E-state index is 11.9. The predicted octanol–water partition coefficient (Wildman–Crippen LogP) is 5.50. The third-order valence-corrected chi connectivity index (χ3v) is 7.32. The number of hydrogen-bond donors (Lipinski definition) is 2. The molecule has 1 aromatic heterocycles. The van der Waals surface area contributed by atoms with E-state index in [0.717, 1.165) is 39.3 Å². The minimum atomic E-state index is -1.82. The molecule has 0 aliphatic carbocycles. The Balaban J connectivity index is 1.79. The van der Waals surface area contributed by atoms with E-state index in [9.17, 15) is 15.0 Å². The number of aliphatic hydroxyl groups is 1. The number of hydrogen-bond acceptors (Lipinski definition) is 6. The lowest BCUT2D eigenvalue weighted by atomic mass is 9.92. The van der Waals surface area contributed by atoms with E-state index >= 15 is 0 Å². The van der Waals surface area contributed by atoms with Crippen molar-refractivity contribution in [2.24, 2.45) is 0 Å². The molecule has 4 rings (SSSR count). The van der Waals surface area contributed by atoms with Gasteiger partial charge in [-0.1, -0.05) is 44.2 Å². The number of aromatic nitrogens is 2. The highest BCUT2D eigenvalue weighted by Crippen LogP contribution is 2.34. The van der Waals surface area contributed by atoms with Crippen molar-refractivity contribution in [2.75, 3.05) is 18.0 Å². The van der Waals surface area contributed by atoms with Crippen molar-refractivity contribution in [1.29, 1.82) is 0 Å². The van der Waals surface area contributed by atoms with Gasteiger partial charge in [0.2, 0.25) is 0 Å². The van der Waals surface area contributed by atoms with Gasteiger partial charge in [0.1, 0.15) is 18.2 Å². The molecule has 2 aromatic carbocycles. The van der Waals surface area contributed by atoms with Gasteiger partial charge in [-0.2, -0.15) is 0 Å². The number of nitrogens with zero attached hydrogens (tertiary/aromatic N) is 3. The molecule has 0 spiro atoms. The SMILES string of the molecule is Cc1ccc(C(C)C)cc1OCc1c(C)nc(-c2c(C)cccc2C)nc1N1CCC[C@@](O)(C(=O)O)C1. The molecule has 0 saturated carbocycles. The third-order valence-electron chi connectivity index (χ3n) is 7.32. The minimum Gasteiger partial charge on any atom is -0.488 e. The summed E-state index contributed by atoms with van der Waals surface area (Å²) in [5.74, 6) is 1.17. The van der Waals surface area contributed by atoms with Crippen molar-refractivity contribution >= 4 is 11.8 Å². The average molecular weight is 504 g/mol. The summed E-state index contributed by atoms with van der Waals surface area (Å²) in [6.07, 6.45) is 0.750. The Bertz CT molecular complexity index is 1300. The van der Waals surface area contributed by atoms with Crippen LogP contribution in [0.3, 0.4) is 0 Å². The zero-order valence-corrected chi connectivity index (χ0v) is 22.6. The number of carboxylic acids is 1. The van der Waals surface area contributed by atoms with E-state index in [4.69, 9.17) is 14.7 Å². The second kappa shape index (κ2) is 10.5. The van der Waals surface area contributed by atoms with Gasteiger partial charge in [0.25, 0.3) is 0 Å². The van der Waals surface area contributed by atoms with E-state index in [0.29, 0.717) is 30.5 Å². The Hall–Kier alpha value is -3.45. The van der Waals surface area contributed by atoms with Crippen LogP contribution in [-0.4, -0.2) is 44.8 Å². The Kier molecular flexibility index (Phi) is 7.55. The summed E-state index contributed by atoms with van der Waals surface area (Å²) in [4.78, 5) is 23.6. The van der Waals surface area contributed by atoms with Crippen LogP contribution in [0.4, 0.5) is 5.82 Å². The van der Waals surface area contributed by atoms with Crippen molar-refractivity contribution in [3.8, 4) is 17.1 Å². The molecule has 3 aromatic rings. The molecule has 37 heavy (non-hydrogen) atoms. The zero-order valence-electron chi connectivity index (χ0n) is 22.6. The predicted molar refractivity (Wildman–Crippen MR) is 145 cm³/mol. The van der Waals surface area contributed by atoms with Crippen molar-refractivity contribution in [3.05, 3.63) is 69.9 Å². The maximum Gasteiger partial charge on any atom is 0.337 e. The summed E-state index contributed by atoms with van der Waals surface area (Å²) < 4.78 is 6.33. The lowest BCUT2D eigenvalue weighted by molar-refractivity contribution is -0.159. The van der Waals surface area contributed by atoms with Gasteiger partial charge < -0.3 is 19.8 Å². The second-order valence-corrected chi connectivity index (χ2v) is 10.5. The molecule has 0 amide bonds. The Morgan fingerprint density at radius 2 is 1.78 bits per heavy atom. The number of anilines is 1. The normalized spacial score (nSPS) is 17.8. The summed E-state index contributed by atoms with van der Waals surface area (Å²) in [6, 6.07) is 12.3. The van der Waals surface area contributed by atoms with Gasteiger partial charge in [0.15, 0.2) is 11.4 Å². The molecule has 1 fully saturated rings. The molecule has 0 unspecified atom stereocenters. The molecule has 7 heteroatoms. The fourth-order valence-corrected chi connectivity index (χ4v) is 4.96. The van der Waals surface area contributed by atoms with Crippen LogP contribution < -0.4 is 9.64 Å². The van der Waals surface area contributed by atoms with Crippen LogP contribution in [-0.2, 0) is 11.4 Å². The minimum absolute atomic E-state index is 0.0418. The molecule has 1 aliphatic rings. The molecule has 7 nitrogen and oxygen atoms in total. The first-order chi connectivity index (χ1) is 17.5. The van der Waals surface area contributed by atoms with Gasteiger partial charge >= 0.3 is 5.97 Å². The van der Waals surface area contributed by atoms with E-state index in [2.05, 4.69) is 32.0 Å². The first-order valence-corrected chi connectivity index (χ1v) is 12.9. The fraction of sp³-hybridized carbons (Fsp3) is 0.433. The fourth-order valence-electron chi connectivity index (χ4n) is 4.96. The number of aryl methyl sites for hydroxylation is 4. The van der Waals surface area contributed by atoms with Gasteiger partial charge in [0.05, 0.1) is 17.8 Å². The topological polar surface area (TPSA) is 95.8 Å². The second-order valence-electron chi connectivity index (χ2n) is 10.5. The highest BCUT2D eigenvalue weighted by Gasteiger charge is 2.41. The molecule has 196 valence electrons. The quantitative estimate of drug-likeness (QED) is 0.440. The van der Waals surface area contributed by atoms with Gasteiger partial charge in [-0.25, -0.2) is 14.8 Å². The molecule has 2 N–H and O–H groups in total. The van der Waals surface area contributed by atoms with Crippen molar-refractivity contribution < 1.29 is 19.7 Å². The Labute approximate surface area is 219 Å². The number of carboxylic acid groups (broad SMARTS) is 1. The van der Waals surface area contributed by atoms with Gasteiger partial charge in [0, 0.05) is 12.1 Å². The first-order valence-electron chi connectivity index (χ1n) is 12.9. The number of benzene rings is 2. The summed E-state index contributed by atoms with van der Waals surface area (Å²) in [7, 11) is 0. The molecular weight excluding hydrogens is 466 g/mol. The average Bonchev–Trinajstić information content (AvgIpc) is 2.83. The third kappa shape index (κ3) is 5.47. The number of piperidine rings is 1. The van der Waals surface area contributed by atoms with Gasteiger partial charge in [-0.15, -0.1) is 0 Å². The maximum atomic E-state index is 11.9. The number of carbonyl (C=O) groups is 1. The van der Waals surface area contributed by atoms with E-state index in [1.807, 2.05) is 50.8 Å². The highest BCUT2D eigenvalue weighted by atomic mass is 16.5. The molecule has 1 atom stereocenters. The van der Waals surface area contributed by atoms with E-state index in [-0.39, 0.29) is 19.6 Å². The first kappa shape index (κ1) is 26.6. The highest BCUT2D eigenvalue weighted by molar-refractivity contribution is 5.78. The lowest BCUT2D eigenvalue weighted by Crippen LogP contribution is -2.53. The van der Waals surface area contributed by atoms with Crippen molar-refractivity contribution in [3.63, 3.8) is 0 Å². The van der Waals surface area contributed by atoms with E-state index < -0.39 is 11.6 Å². The monoisotopic (exact) mass is 503 g/mol. The van der Waals surface area contributed by atoms with Crippen LogP contribution in [0.2, 0.25) is 0 Å². The van der Waals surface area contributed by atoms with Crippen LogP contribution in [0, 0.1) is 27.7 Å². The lowest BCUT2D eigenvalue weighted by Gasteiger charge is -2.38. The zero-order chi connectivity index (χ0) is 26.9. The summed E-state index contributed by atoms with van der Waals surface area (Å²) >= 11 is 0. The summed E-state index contributed by atoms with van der Waals surface area (Å²) in [5.41, 5.74) is 5.06. The molecule has 2 heterocycles. The smallest absolute Gasteiger partial charge is 0.337 e. The van der Waals surface area contributed by atoms with Gasteiger partial charge in [-0.3, -0.25) is 0 Å². The van der Waals surface area contributed by atoms with Crippen LogP contribution in [0.15, 0.2) is 36.4 Å². The molecule has 1 saturated heterocycles. The standard InChI is InChI=1S/C30H37N3O4/c1-18(2)23-12-11-19(3)25(15-23)37-16-24-22(6)31-27(26-20(4)9-7-10-21(26)5)32-28(24)33-14-8-13-30(36,17-33)29(34)35/h7,9-12,15,18,36H,8,13-14,16-17H2,1-6H3,(H,34,35)/t30-/m0/s1. The molecule has 1 aliphatic heterocycles. The van der Waals surface area contributed by atoms with Crippen LogP contribution >= 0.6 is 0 Å². The van der Waals surface area contributed by atoms with E-state index in [1.165, 1.54) is 5.56 Å². The number of β-amino-alcohol motifs (C(OH)–C–C–N with tert-alkyl or cyclic N) is 1.